The third-order valence-electron chi connectivity index (χ3n) is 5.39. The van der Waals surface area contributed by atoms with E-state index >= 15 is 0 Å². The second-order valence-corrected chi connectivity index (χ2v) is 7.55. The summed E-state index contributed by atoms with van der Waals surface area (Å²) in [5.41, 5.74) is 11.0. The number of fused-ring (bicyclic) bond motifs is 2. The molecule has 0 radical (unpaired) electrons. The Morgan fingerprint density at radius 2 is 2.00 bits per heavy atom. The van der Waals surface area contributed by atoms with E-state index in [9.17, 15) is 4.79 Å². The minimum Gasteiger partial charge on any atom is -0.459 e. The number of nitrogen functional groups attached to an aromatic ring is 1. The summed E-state index contributed by atoms with van der Waals surface area (Å²) in [7, 11) is 0. The van der Waals surface area contributed by atoms with Gasteiger partial charge in [0.1, 0.15) is 23.5 Å². The Kier molecular flexibility index (Phi) is 4.59. The lowest BCUT2D eigenvalue weighted by Crippen LogP contribution is -2.18. The quantitative estimate of drug-likeness (QED) is 0.522. The van der Waals surface area contributed by atoms with Gasteiger partial charge < -0.3 is 15.2 Å². The molecule has 3 heterocycles. The van der Waals surface area contributed by atoms with E-state index in [1.807, 2.05) is 55.5 Å². The number of carbonyl (C=O) groups excluding carboxylic acids is 1. The predicted molar refractivity (Wildman–Crippen MR) is 115 cm³/mol. The summed E-state index contributed by atoms with van der Waals surface area (Å²) in [5.74, 6) is -0.243. The average Bonchev–Trinajstić information content (AvgIpc) is 3.35. The fourth-order valence-corrected chi connectivity index (χ4v) is 3.91. The highest BCUT2D eigenvalue weighted by Crippen LogP contribution is 2.32. The monoisotopic (exact) mass is 402 g/mol. The minimum atomic E-state index is -0.510. The first kappa shape index (κ1) is 18.6. The molecule has 1 aliphatic heterocycles. The Balaban J connectivity index is 1.67. The first-order valence-corrected chi connectivity index (χ1v) is 10.0. The maximum atomic E-state index is 13.0. The number of esters is 1. The molecule has 0 spiro atoms. The third kappa shape index (κ3) is 3.17. The van der Waals surface area contributed by atoms with Gasteiger partial charge >= 0.3 is 5.97 Å². The van der Waals surface area contributed by atoms with Crippen LogP contribution >= 0.6 is 0 Å². The van der Waals surface area contributed by atoms with Gasteiger partial charge in [-0.15, -0.1) is 0 Å². The van der Waals surface area contributed by atoms with Crippen LogP contribution in [0, 0.1) is 6.92 Å². The second-order valence-electron chi connectivity index (χ2n) is 7.55. The minimum absolute atomic E-state index is 0.0628. The highest BCUT2D eigenvalue weighted by Gasteiger charge is 2.27. The average molecular weight is 402 g/mol. The lowest BCUT2D eigenvalue weighted by atomic mass is 10.2. The predicted octanol–water partition coefficient (Wildman–Crippen LogP) is 3.80. The first-order valence-electron chi connectivity index (χ1n) is 10.0. The van der Waals surface area contributed by atoms with Gasteiger partial charge in [-0.2, -0.15) is 0 Å². The number of ether oxygens (including phenoxy) is 2. The van der Waals surface area contributed by atoms with E-state index in [-0.39, 0.29) is 24.1 Å². The summed E-state index contributed by atoms with van der Waals surface area (Å²) in [6, 6.07) is 15.4. The van der Waals surface area contributed by atoms with Crippen LogP contribution in [0.15, 0.2) is 48.5 Å². The van der Waals surface area contributed by atoms with Crippen LogP contribution in [0.3, 0.4) is 0 Å². The van der Waals surface area contributed by atoms with Crippen molar-refractivity contribution in [2.75, 3.05) is 18.9 Å². The van der Waals surface area contributed by atoms with E-state index in [1.165, 1.54) is 0 Å². The molecule has 30 heavy (non-hydrogen) atoms. The van der Waals surface area contributed by atoms with Gasteiger partial charge in [0.25, 0.3) is 0 Å². The molecule has 0 amide bonds. The Labute approximate surface area is 173 Å². The molecular formula is C23H22N4O3. The zero-order valence-electron chi connectivity index (χ0n) is 16.7. The van der Waals surface area contributed by atoms with Crippen molar-refractivity contribution in [3.8, 4) is 5.69 Å². The molecule has 2 aromatic heterocycles. The summed E-state index contributed by atoms with van der Waals surface area (Å²) in [6.07, 6.45) is 1.81. The van der Waals surface area contributed by atoms with Gasteiger partial charge in [-0.1, -0.05) is 24.3 Å². The Bertz CT molecular complexity index is 1260. The SMILES string of the molecule is Cc1cccc(-n2c(N)c(C(=O)OC[C@@H]3CCCO3)c3nc4ccccc4nc32)c1. The van der Waals surface area contributed by atoms with Gasteiger partial charge in [-0.25, -0.2) is 14.8 Å². The molecule has 7 heteroatoms. The summed E-state index contributed by atoms with van der Waals surface area (Å²) in [4.78, 5) is 22.5. The molecule has 0 unspecified atom stereocenters. The van der Waals surface area contributed by atoms with Crippen molar-refractivity contribution < 1.29 is 14.3 Å². The summed E-state index contributed by atoms with van der Waals surface area (Å²) in [5, 5.41) is 0. The number of para-hydroxylation sites is 2. The van der Waals surface area contributed by atoms with Gasteiger partial charge in [-0.05, 0) is 49.6 Å². The summed E-state index contributed by atoms with van der Waals surface area (Å²) >= 11 is 0. The molecule has 0 bridgehead atoms. The molecule has 2 N–H and O–H groups in total. The van der Waals surface area contributed by atoms with Gasteiger partial charge in [0, 0.05) is 12.3 Å². The molecule has 0 aliphatic carbocycles. The number of benzene rings is 2. The van der Waals surface area contributed by atoms with Crippen LogP contribution in [0.5, 0.6) is 0 Å². The molecule has 1 saturated heterocycles. The molecule has 1 atom stereocenters. The molecular weight excluding hydrogens is 380 g/mol. The van der Waals surface area contributed by atoms with E-state index in [1.54, 1.807) is 4.57 Å². The van der Waals surface area contributed by atoms with Crippen molar-refractivity contribution in [3.05, 3.63) is 59.7 Å². The second kappa shape index (κ2) is 7.42. The molecule has 4 aromatic rings. The summed E-state index contributed by atoms with van der Waals surface area (Å²) in [6.45, 7) is 2.91. The zero-order chi connectivity index (χ0) is 20.7. The lowest BCUT2D eigenvalue weighted by molar-refractivity contribution is 0.0163. The van der Waals surface area contributed by atoms with Crippen LogP contribution in [-0.4, -0.2) is 39.8 Å². The molecule has 1 aliphatic rings. The van der Waals surface area contributed by atoms with Crippen molar-refractivity contribution in [3.63, 3.8) is 0 Å². The number of nitrogens with two attached hydrogens (primary N) is 1. The lowest BCUT2D eigenvalue weighted by Gasteiger charge is -2.11. The van der Waals surface area contributed by atoms with Crippen molar-refractivity contribution in [2.45, 2.75) is 25.9 Å². The van der Waals surface area contributed by atoms with Gasteiger partial charge in [0.2, 0.25) is 0 Å². The molecule has 0 saturated carbocycles. The van der Waals surface area contributed by atoms with E-state index in [4.69, 9.17) is 25.2 Å². The van der Waals surface area contributed by atoms with E-state index in [0.29, 0.717) is 23.3 Å². The third-order valence-corrected chi connectivity index (χ3v) is 5.39. The maximum absolute atomic E-state index is 13.0. The first-order chi connectivity index (χ1) is 14.6. The number of nitrogens with zero attached hydrogens (tertiary/aromatic N) is 3. The van der Waals surface area contributed by atoms with Crippen LogP contribution in [0.1, 0.15) is 28.8 Å². The maximum Gasteiger partial charge on any atom is 0.344 e. The smallest absolute Gasteiger partial charge is 0.344 e. The van der Waals surface area contributed by atoms with Crippen LogP contribution in [-0.2, 0) is 9.47 Å². The highest BCUT2D eigenvalue weighted by atomic mass is 16.6. The van der Waals surface area contributed by atoms with Crippen LogP contribution < -0.4 is 5.73 Å². The standard InChI is InChI=1S/C23H22N4O3/c1-14-6-4-7-15(12-14)27-21(24)19(23(28)30-13-16-8-5-11-29-16)20-22(27)26-18-10-3-2-9-17(18)25-20/h2-4,6-7,9-10,12,16H,5,8,11,13,24H2,1H3/t16-/m0/s1. The molecule has 5 rings (SSSR count). The van der Waals surface area contributed by atoms with Crippen LogP contribution in [0.4, 0.5) is 5.82 Å². The molecule has 7 nitrogen and oxygen atoms in total. The molecule has 152 valence electrons. The number of hydrogen-bond donors (Lipinski definition) is 1. The van der Waals surface area contributed by atoms with Crippen molar-refractivity contribution in [2.24, 2.45) is 0 Å². The van der Waals surface area contributed by atoms with Crippen molar-refractivity contribution >= 4 is 34.0 Å². The topological polar surface area (TPSA) is 92.3 Å². The fraction of sp³-hybridized carbons (Fsp3) is 0.261. The number of anilines is 1. The number of aromatic nitrogens is 3. The van der Waals surface area contributed by atoms with Gasteiger partial charge in [0.15, 0.2) is 5.65 Å². The Morgan fingerprint density at radius 3 is 2.73 bits per heavy atom. The zero-order valence-corrected chi connectivity index (χ0v) is 16.7. The Hall–Kier alpha value is -3.45. The van der Waals surface area contributed by atoms with Crippen LogP contribution in [0.2, 0.25) is 0 Å². The highest BCUT2D eigenvalue weighted by molar-refractivity contribution is 6.09. The van der Waals surface area contributed by atoms with E-state index in [0.717, 1.165) is 29.6 Å². The van der Waals surface area contributed by atoms with Gasteiger partial charge in [-0.3, -0.25) is 4.57 Å². The molecule has 2 aromatic carbocycles. The van der Waals surface area contributed by atoms with E-state index in [2.05, 4.69) is 0 Å². The van der Waals surface area contributed by atoms with E-state index < -0.39 is 5.97 Å². The summed E-state index contributed by atoms with van der Waals surface area (Å²) < 4.78 is 12.9. The largest absolute Gasteiger partial charge is 0.459 e. The number of hydrogen-bond acceptors (Lipinski definition) is 6. The number of aryl methyl sites for hydroxylation is 1. The number of carbonyl (C=O) groups is 1. The number of rotatable bonds is 4. The van der Waals surface area contributed by atoms with Crippen molar-refractivity contribution in [1.29, 1.82) is 0 Å². The molecule has 1 fully saturated rings. The normalized spacial score (nSPS) is 16.4. The van der Waals surface area contributed by atoms with Crippen molar-refractivity contribution in [1.82, 2.24) is 14.5 Å². The fourth-order valence-electron chi connectivity index (χ4n) is 3.91. The van der Waals surface area contributed by atoms with Crippen LogP contribution in [0.25, 0.3) is 27.9 Å². The Morgan fingerprint density at radius 1 is 1.20 bits per heavy atom. The van der Waals surface area contributed by atoms with Gasteiger partial charge in [0.05, 0.1) is 17.1 Å².